The van der Waals surface area contributed by atoms with Crippen LogP contribution in [0.5, 0.6) is 0 Å². The summed E-state index contributed by atoms with van der Waals surface area (Å²) in [6.45, 7) is 11.3. The largest absolute Gasteiger partial charge is 0.0999 e. The second-order valence-electron chi connectivity index (χ2n) is 7.21. The third kappa shape index (κ3) is 3.87. The summed E-state index contributed by atoms with van der Waals surface area (Å²) in [5, 5.41) is 0. The predicted octanol–water partition coefficient (Wildman–Crippen LogP) is 6.31. The number of hydrogen-bond acceptors (Lipinski definition) is 0. The van der Waals surface area contributed by atoms with Crippen molar-refractivity contribution in [2.75, 3.05) is 0 Å². The molecule has 0 amide bonds. The van der Waals surface area contributed by atoms with Crippen LogP contribution in [0, 0.1) is 23.7 Å². The summed E-state index contributed by atoms with van der Waals surface area (Å²) in [4.78, 5) is 0. The minimum atomic E-state index is 0.755. The highest BCUT2D eigenvalue weighted by atomic mass is 14.4. The van der Waals surface area contributed by atoms with E-state index in [1.807, 2.05) is 0 Å². The lowest BCUT2D eigenvalue weighted by Gasteiger charge is -2.42. The van der Waals surface area contributed by atoms with Crippen LogP contribution in [-0.4, -0.2) is 0 Å². The van der Waals surface area contributed by atoms with Gasteiger partial charge < -0.3 is 0 Å². The highest BCUT2D eigenvalue weighted by Crippen LogP contribution is 2.45. The molecule has 20 heavy (non-hydrogen) atoms. The van der Waals surface area contributed by atoms with Crippen molar-refractivity contribution in [3.8, 4) is 0 Å². The van der Waals surface area contributed by atoms with E-state index in [2.05, 4.69) is 45.6 Å². The Kier molecular flexibility index (Phi) is 5.69. The Bertz CT molecular complexity index is 385. The van der Waals surface area contributed by atoms with Crippen LogP contribution in [-0.2, 0) is 0 Å². The van der Waals surface area contributed by atoms with E-state index in [0.717, 1.165) is 23.7 Å². The standard InChI is InChI=1S/C20H32/c1-15(2)18-14-12-17(4)19-10-8-6-5-7-9-16(3)11-13-20(18)19/h5-6,11,17-20H,1,7-10,12-14H2,2-4H3/b6-5+,16-11+/t17-,18-,19+,20-/m0/s1. The van der Waals surface area contributed by atoms with E-state index < -0.39 is 0 Å². The van der Waals surface area contributed by atoms with Crippen LogP contribution in [0.1, 0.15) is 65.7 Å². The van der Waals surface area contributed by atoms with Gasteiger partial charge in [0.05, 0.1) is 0 Å². The zero-order valence-electron chi connectivity index (χ0n) is 13.7. The minimum Gasteiger partial charge on any atom is -0.0999 e. The topological polar surface area (TPSA) is 0 Å². The third-order valence-corrected chi connectivity index (χ3v) is 5.64. The Morgan fingerprint density at radius 1 is 1.10 bits per heavy atom. The van der Waals surface area contributed by atoms with Gasteiger partial charge in [-0.1, -0.05) is 42.9 Å². The van der Waals surface area contributed by atoms with Crippen LogP contribution >= 0.6 is 0 Å². The van der Waals surface area contributed by atoms with Gasteiger partial charge in [0.15, 0.2) is 0 Å². The Hall–Kier alpha value is -0.780. The lowest BCUT2D eigenvalue weighted by Crippen LogP contribution is -2.34. The van der Waals surface area contributed by atoms with Crippen LogP contribution in [0.3, 0.4) is 0 Å². The zero-order chi connectivity index (χ0) is 14.5. The number of fused-ring (bicyclic) bond motifs is 1. The van der Waals surface area contributed by atoms with E-state index in [4.69, 9.17) is 0 Å². The molecule has 1 fully saturated rings. The van der Waals surface area contributed by atoms with Gasteiger partial charge in [0.1, 0.15) is 0 Å². The maximum absolute atomic E-state index is 4.29. The maximum Gasteiger partial charge on any atom is -0.0175 e. The van der Waals surface area contributed by atoms with E-state index in [1.54, 1.807) is 5.57 Å². The zero-order valence-corrected chi connectivity index (χ0v) is 13.7. The van der Waals surface area contributed by atoms with E-state index in [9.17, 15) is 0 Å². The minimum absolute atomic E-state index is 0.755. The smallest absolute Gasteiger partial charge is 0.0175 e. The van der Waals surface area contributed by atoms with Gasteiger partial charge in [0, 0.05) is 0 Å². The molecule has 0 aromatic carbocycles. The summed E-state index contributed by atoms with van der Waals surface area (Å²) in [5.41, 5.74) is 3.00. The molecule has 0 bridgehead atoms. The van der Waals surface area contributed by atoms with Crippen LogP contribution in [0.2, 0.25) is 0 Å². The van der Waals surface area contributed by atoms with Gasteiger partial charge in [-0.15, -0.1) is 0 Å². The fourth-order valence-corrected chi connectivity index (χ4v) is 4.32. The third-order valence-electron chi connectivity index (χ3n) is 5.64. The molecular weight excluding hydrogens is 240 g/mol. The molecule has 0 aliphatic heterocycles. The average molecular weight is 272 g/mol. The molecule has 4 atom stereocenters. The second kappa shape index (κ2) is 7.29. The quantitative estimate of drug-likeness (QED) is 0.491. The molecule has 0 aromatic heterocycles. The van der Waals surface area contributed by atoms with Crippen molar-refractivity contribution in [2.24, 2.45) is 23.7 Å². The van der Waals surface area contributed by atoms with Gasteiger partial charge >= 0.3 is 0 Å². The Balaban J connectivity index is 2.22. The molecular formula is C20H32. The molecule has 0 heteroatoms. The van der Waals surface area contributed by atoms with Crippen molar-refractivity contribution in [2.45, 2.75) is 65.7 Å². The molecule has 0 spiro atoms. The Morgan fingerprint density at radius 3 is 2.60 bits per heavy atom. The highest BCUT2D eigenvalue weighted by molar-refractivity contribution is 5.08. The molecule has 2 rings (SSSR count). The first-order chi connectivity index (χ1) is 9.59. The van der Waals surface area contributed by atoms with Crippen LogP contribution in [0.4, 0.5) is 0 Å². The Morgan fingerprint density at radius 2 is 1.85 bits per heavy atom. The Labute approximate surface area is 126 Å². The maximum atomic E-state index is 4.29. The van der Waals surface area contributed by atoms with Crippen LogP contribution < -0.4 is 0 Å². The summed E-state index contributed by atoms with van der Waals surface area (Å²) in [7, 11) is 0. The highest BCUT2D eigenvalue weighted by Gasteiger charge is 2.36. The van der Waals surface area contributed by atoms with Gasteiger partial charge in [-0.05, 0) is 82.5 Å². The molecule has 0 radical (unpaired) electrons. The number of hydrogen-bond donors (Lipinski definition) is 0. The molecule has 1 saturated carbocycles. The van der Waals surface area contributed by atoms with Crippen molar-refractivity contribution in [3.05, 3.63) is 36.0 Å². The summed E-state index contributed by atoms with van der Waals surface area (Å²) < 4.78 is 0. The molecule has 2 aliphatic rings. The molecule has 0 N–H and O–H groups in total. The molecule has 0 nitrogen and oxygen atoms in total. The predicted molar refractivity (Wildman–Crippen MR) is 89.7 cm³/mol. The van der Waals surface area contributed by atoms with E-state index >= 15 is 0 Å². The number of allylic oxidation sites excluding steroid dienone is 5. The molecule has 2 aliphatic carbocycles. The van der Waals surface area contributed by atoms with E-state index in [-0.39, 0.29) is 0 Å². The fraction of sp³-hybridized carbons (Fsp3) is 0.700. The van der Waals surface area contributed by atoms with Gasteiger partial charge in [-0.3, -0.25) is 0 Å². The fourth-order valence-electron chi connectivity index (χ4n) is 4.32. The van der Waals surface area contributed by atoms with Gasteiger partial charge in [0.25, 0.3) is 0 Å². The van der Waals surface area contributed by atoms with Crippen molar-refractivity contribution >= 4 is 0 Å². The van der Waals surface area contributed by atoms with Crippen molar-refractivity contribution in [1.82, 2.24) is 0 Å². The summed E-state index contributed by atoms with van der Waals surface area (Å²) in [6.07, 6.45) is 16.5. The molecule has 0 aromatic rings. The normalized spacial score (nSPS) is 39.9. The molecule has 0 saturated heterocycles. The van der Waals surface area contributed by atoms with Gasteiger partial charge in [-0.2, -0.15) is 0 Å². The molecule has 0 heterocycles. The summed E-state index contributed by atoms with van der Waals surface area (Å²) >= 11 is 0. The lowest BCUT2D eigenvalue weighted by atomic mass is 9.63. The van der Waals surface area contributed by atoms with E-state index in [1.165, 1.54) is 50.5 Å². The second-order valence-corrected chi connectivity index (χ2v) is 7.21. The summed E-state index contributed by atoms with van der Waals surface area (Å²) in [6, 6.07) is 0. The first kappa shape index (κ1) is 15.6. The first-order valence-corrected chi connectivity index (χ1v) is 8.55. The molecule has 0 unspecified atom stereocenters. The lowest BCUT2D eigenvalue weighted by molar-refractivity contribution is 0.112. The van der Waals surface area contributed by atoms with Crippen molar-refractivity contribution in [1.29, 1.82) is 0 Å². The van der Waals surface area contributed by atoms with Crippen molar-refractivity contribution < 1.29 is 0 Å². The van der Waals surface area contributed by atoms with Crippen molar-refractivity contribution in [3.63, 3.8) is 0 Å². The number of rotatable bonds is 1. The van der Waals surface area contributed by atoms with Crippen LogP contribution in [0.15, 0.2) is 36.0 Å². The molecule has 112 valence electrons. The van der Waals surface area contributed by atoms with E-state index in [0.29, 0.717) is 0 Å². The van der Waals surface area contributed by atoms with Crippen LogP contribution in [0.25, 0.3) is 0 Å². The first-order valence-electron chi connectivity index (χ1n) is 8.55. The van der Waals surface area contributed by atoms with Gasteiger partial charge in [-0.25, -0.2) is 0 Å². The SMILES string of the molecule is C=C(C)[C@@H]1CC[C@H](C)[C@H]2CC/C=C/CC/C(C)=C/C[C@H]21. The average Bonchev–Trinajstić information content (AvgIpc) is 2.44. The summed E-state index contributed by atoms with van der Waals surface area (Å²) in [5.74, 6) is 3.36. The monoisotopic (exact) mass is 272 g/mol. The van der Waals surface area contributed by atoms with Gasteiger partial charge in [0.2, 0.25) is 0 Å².